The maximum Gasteiger partial charge on any atom is 0.282 e. The largest absolute Gasteiger partial charge is 0.464 e. The zero-order valence-corrected chi connectivity index (χ0v) is 14.6. The first-order valence-corrected chi connectivity index (χ1v) is 8.25. The van der Waals surface area contributed by atoms with Crippen molar-refractivity contribution < 1.29 is 14.3 Å². The van der Waals surface area contributed by atoms with Gasteiger partial charge in [-0.3, -0.25) is 14.5 Å². The lowest BCUT2D eigenvalue weighted by Gasteiger charge is -2.38. The third kappa shape index (κ3) is 3.07. The number of hydrogen-bond donors (Lipinski definition) is 1. The fraction of sp³-hybridized carbons (Fsp3) is 0.316. The van der Waals surface area contributed by atoms with E-state index in [0.717, 1.165) is 11.1 Å². The first-order chi connectivity index (χ1) is 12.0. The number of amides is 2. The van der Waals surface area contributed by atoms with Crippen LogP contribution in [0.1, 0.15) is 25.0 Å². The first-order valence-electron chi connectivity index (χ1n) is 8.25. The second-order valence-electron chi connectivity index (χ2n) is 6.18. The molecule has 6 heteroatoms. The number of benzene rings is 1. The van der Waals surface area contributed by atoms with E-state index in [9.17, 15) is 9.59 Å². The van der Waals surface area contributed by atoms with Crippen LogP contribution >= 0.6 is 0 Å². The van der Waals surface area contributed by atoms with E-state index < -0.39 is 17.4 Å². The normalized spacial score (nSPS) is 19.2. The smallest absolute Gasteiger partial charge is 0.282 e. The summed E-state index contributed by atoms with van der Waals surface area (Å²) in [5, 5.41) is 2.80. The molecule has 1 aliphatic rings. The molecule has 1 aromatic carbocycles. The van der Waals surface area contributed by atoms with E-state index in [1.807, 2.05) is 38.1 Å². The van der Waals surface area contributed by atoms with Crippen LogP contribution in [0, 0.1) is 6.92 Å². The molecule has 2 amide bonds. The minimum absolute atomic E-state index is 0.331. The van der Waals surface area contributed by atoms with E-state index >= 15 is 0 Å². The summed E-state index contributed by atoms with van der Waals surface area (Å²) >= 11 is 0. The predicted octanol–water partition coefficient (Wildman–Crippen LogP) is 2.21. The Morgan fingerprint density at radius 2 is 2.00 bits per heavy atom. The summed E-state index contributed by atoms with van der Waals surface area (Å²) in [6.45, 7) is 6.08. The van der Waals surface area contributed by atoms with Crippen molar-refractivity contribution in [3.8, 4) is 5.75 Å². The number of nitrogens with zero attached hydrogens (tertiary/aromatic N) is 2. The highest BCUT2D eigenvalue weighted by molar-refractivity contribution is 6.16. The van der Waals surface area contributed by atoms with Crippen LogP contribution in [0.25, 0.3) is 0 Å². The quantitative estimate of drug-likeness (QED) is 0.867. The number of rotatable bonds is 4. The summed E-state index contributed by atoms with van der Waals surface area (Å²) in [7, 11) is 0. The lowest BCUT2D eigenvalue weighted by Crippen LogP contribution is -2.62. The van der Waals surface area contributed by atoms with Crippen molar-refractivity contribution >= 4 is 17.6 Å². The monoisotopic (exact) mass is 339 g/mol. The van der Waals surface area contributed by atoms with Gasteiger partial charge in [0.25, 0.3) is 17.4 Å². The topological polar surface area (TPSA) is 71.5 Å². The molecule has 1 aliphatic heterocycles. The molecule has 2 aromatic rings. The number of likely N-dealkylation sites (N-methyl/N-ethyl adjacent to an activating group) is 1. The Kier molecular flexibility index (Phi) is 4.44. The molecule has 0 bridgehead atoms. The SMILES string of the molecule is CCN1C(=O)C(C)(C(=O)NCc2ccc(C)cc2)Oc2cccnc21. The van der Waals surface area contributed by atoms with Crippen LogP contribution in [-0.2, 0) is 16.1 Å². The Labute approximate surface area is 146 Å². The van der Waals surface area contributed by atoms with Crippen LogP contribution in [0.4, 0.5) is 5.82 Å². The first kappa shape index (κ1) is 17.0. The highest BCUT2D eigenvalue weighted by Gasteiger charge is 2.50. The maximum absolute atomic E-state index is 12.8. The number of ether oxygens (including phenoxy) is 1. The second-order valence-corrected chi connectivity index (χ2v) is 6.18. The van der Waals surface area contributed by atoms with Crippen molar-refractivity contribution in [2.75, 3.05) is 11.4 Å². The zero-order chi connectivity index (χ0) is 18.0. The molecule has 0 radical (unpaired) electrons. The van der Waals surface area contributed by atoms with Gasteiger partial charge in [-0.25, -0.2) is 4.98 Å². The Balaban J connectivity index is 1.81. The lowest BCUT2D eigenvalue weighted by atomic mass is 10.0. The van der Waals surface area contributed by atoms with Gasteiger partial charge in [0.2, 0.25) is 0 Å². The molecule has 0 saturated carbocycles. The molecule has 0 saturated heterocycles. The van der Waals surface area contributed by atoms with E-state index in [2.05, 4.69) is 10.3 Å². The third-order valence-corrected chi connectivity index (χ3v) is 4.30. The Morgan fingerprint density at radius 3 is 2.68 bits per heavy atom. The molecule has 130 valence electrons. The molecule has 0 fully saturated rings. The number of hydrogen-bond acceptors (Lipinski definition) is 4. The zero-order valence-electron chi connectivity index (χ0n) is 14.6. The average Bonchev–Trinajstić information content (AvgIpc) is 2.62. The van der Waals surface area contributed by atoms with Crippen molar-refractivity contribution in [1.82, 2.24) is 10.3 Å². The second kappa shape index (κ2) is 6.55. The van der Waals surface area contributed by atoms with Gasteiger partial charge in [-0.1, -0.05) is 29.8 Å². The van der Waals surface area contributed by atoms with Crippen LogP contribution in [-0.4, -0.2) is 28.9 Å². The molecule has 1 unspecified atom stereocenters. The molecule has 1 N–H and O–H groups in total. The fourth-order valence-corrected chi connectivity index (χ4v) is 2.78. The molecule has 0 aliphatic carbocycles. The van der Waals surface area contributed by atoms with Crippen LogP contribution in [0.15, 0.2) is 42.6 Å². The van der Waals surface area contributed by atoms with Crippen molar-refractivity contribution in [2.24, 2.45) is 0 Å². The number of nitrogens with one attached hydrogen (secondary N) is 1. The molecular formula is C19H21N3O3. The number of carbonyl (C=O) groups excluding carboxylic acids is 2. The van der Waals surface area contributed by atoms with Gasteiger partial charge in [-0.15, -0.1) is 0 Å². The predicted molar refractivity (Wildman–Crippen MR) is 94.3 cm³/mol. The van der Waals surface area contributed by atoms with Gasteiger partial charge < -0.3 is 10.1 Å². The van der Waals surface area contributed by atoms with Gasteiger partial charge in [0.05, 0.1) is 0 Å². The van der Waals surface area contributed by atoms with Gasteiger partial charge in [0.1, 0.15) is 0 Å². The minimum Gasteiger partial charge on any atom is -0.464 e. The summed E-state index contributed by atoms with van der Waals surface area (Å²) < 4.78 is 5.77. The number of aryl methyl sites for hydroxylation is 1. The maximum atomic E-state index is 12.8. The molecule has 3 rings (SSSR count). The molecule has 6 nitrogen and oxygen atoms in total. The average molecular weight is 339 g/mol. The van der Waals surface area contributed by atoms with Crippen LogP contribution in [0.5, 0.6) is 5.75 Å². The van der Waals surface area contributed by atoms with Gasteiger partial charge in [0, 0.05) is 19.3 Å². The number of carbonyl (C=O) groups is 2. The highest BCUT2D eigenvalue weighted by atomic mass is 16.5. The van der Waals surface area contributed by atoms with Gasteiger partial charge >= 0.3 is 0 Å². The van der Waals surface area contributed by atoms with E-state index in [4.69, 9.17) is 4.74 Å². The molecular weight excluding hydrogens is 318 g/mol. The van der Waals surface area contributed by atoms with Gasteiger partial charge in [-0.05, 0) is 38.5 Å². The Hall–Kier alpha value is -2.89. The van der Waals surface area contributed by atoms with E-state index in [0.29, 0.717) is 24.7 Å². The minimum atomic E-state index is -1.61. The van der Waals surface area contributed by atoms with E-state index in [1.54, 1.807) is 18.3 Å². The molecule has 1 atom stereocenters. The van der Waals surface area contributed by atoms with E-state index in [-0.39, 0.29) is 0 Å². The summed E-state index contributed by atoms with van der Waals surface area (Å²) in [6.07, 6.45) is 1.60. The summed E-state index contributed by atoms with van der Waals surface area (Å²) in [4.78, 5) is 31.2. The third-order valence-electron chi connectivity index (χ3n) is 4.30. The molecule has 0 spiro atoms. The number of fused-ring (bicyclic) bond motifs is 1. The van der Waals surface area contributed by atoms with Gasteiger partial charge in [0.15, 0.2) is 11.6 Å². The van der Waals surface area contributed by atoms with Crippen molar-refractivity contribution in [2.45, 2.75) is 32.9 Å². The van der Waals surface area contributed by atoms with Crippen LogP contribution in [0.3, 0.4) is 0 Å². The lowest BCUT2D eigenvalue weighted by molar-refractivity contribution is -0.148. The van der Waals surface area contributed by atoms with Crippen LogP contribution in [0.2, 0.25) is 0 Å². The highest BCUT2D eigenvalue weighted by Crippen LogP contribution is 2.35. The Bertz CT molecular complexity index is 804. The number of aromatic nitrogens is 1. The van der Waals surface area contributed by atoms with Crippen LogP contribution < -0.4 is 15.0 Å². The van der Waals surface area contributed by atoms with Crippen molar-refractivity contribution in [1.29, 1.82) is 0 Å². The number of pyridine rings is 1. The fourth-order valence-electron chi connectivity index (χ4n) is 2.78. The molecule has 1 aromatic heterocycles. The van der Waals surface area contributed by atoms with Crippen molar-refractivity contribution in [3.63, 3.8) is 0 Å². The molecule has 25 heavy (non-hydrogen) atoms. The molecule has 2 heterocycles. The summed E-state index contributed by atoms with van der Waals surface area (Å²) in [5.74, 6) is -0.00983. The Morgan fingerprint density at radius 1 is 1.28 bits per heavy atom. The summed E-state index contributed by atoms with van der Waals surface area (Å²) in [6, 6.07) is 11.3. The number of anilines is 1. The summed E-state index contributed by atoms with van der Waals surface area (Å²) in [5.41, 5.74) is 0.493. The van der Waals surface area contributed by atoms with Gasteiger partial charge in [-0.2, -0.15) is 0 Å². The van der Waals surface area contributed by atoms with Crippen molar-refractivity contribution in [3.05, 3.63) is 53.7 Å². The standard InChI is InChI=1S/C19H21N3O3/c1-4-22-16-15(6-5-11-20-16)25-19(3,18(22)24)17(23)21-12-14-9-7-13(2)8-10-14/h5-11H,4,12H2,1-3H3,(H,21,23). The van der Waals surface area contributed by atoms with E-state index in [1.165, 1.54) is 11.8 Å².